The molecule has 0 unspecified atom stereocenters. The zero-order chi connectivity index (χ0) is 15.7. The summed E-state index contributed by atoms with van der Waals surface area (Å²) in [6.07, 6.45) is 0.110. The van der Waals surface area contributed by atoms with Gasteiger partial charge in [0.1, 0.15) is 0 Å². The van der Waals surface area contributed by atoms with Gasteiger partial charge in [0.25, 0.3) is 5.69 Å². The topological polar surface area (TPSA) is 84.6 Å². The van der Waals surface area contributed by atoms with Crippen LogP contribution in [0.4, 0.5) is 17.1 Å². The monoisotopic (exact) mass is 359 g/mol. The van der Waals surface area contributed by atoms with Crippen LogP contribution in [0.2, 0.25) is 0 Å². The Bertz CT molecular complexity index is 817. The highest BCUT2D eigenvalue weighted by Gasteiger charge is 2.19. The molecular formula is C15H10BrN3O3. The number of hydrogen-bond acceptors (Lipinski definition) is 4. The normalized spacial score (nSPS) is 13.7. The van der Waals surface area contributed by atoms with Crippen molar-refractivity contribution in [1.82, 2.24) is 0 Å². The van der Waals surface area contributed by atoms with Gasteiger partial charge in [-0.1, -0.05) is 28.1 Å². The molecule has 1 aliphatic heterocycles. The molecule has 0 radical (unpaired) electrons. The molecule has 7 heteroatoms. The Morgan fingerprint density at radius 1 is 1.23 bits per heavy atom. The number of carbonyl (C=O) groups is 1. The average Bonchev–Trinajstić information content (AvgIpc) is 2.64. The maximum Gasteiger partial charge on any atom is 0.271 e. The summed E-state index contributed by atoms with van der Waals surface area (Å²) < 4.78 is 0.890. The van der Waals surface area contributed by atoms with E-state index in [1.807, 2.05) is 24.3 Å². The van der Waals surface area contributed by atoms with E-state index in [1.165, 1.54) is 18.2 Å². The largest absolute Gasteiger partial charge is 0.324 e. The summed E-state index contributed by atoms with van der Waals surface area (Å²) in [5, 5.41) is 13.5. The molecule has 0 aliphatic carbocycles. The van der Waals surface area contributed by atoms with Crippen molar-refractivity contribution in [2.75, 3.05) is 5.32 Å². The first kappa shape index (κ1) is 14.4. The molecule has 3 rings (SSSR count). The first-order valence-corrected chi connectivity index (χ1v) is 7.24. The number of amides is 1. The van der Waals surface area contributed by atoms with Crippen molar-refractivity contribution in [2.24, 2.45) is 4.99 Å². The van der Waals surface area contributed by atoms with Crippen molar-refractivity contribution < 1.29 is 9.72 Å². The first-order chi connectivity index (χ1) is 10.5. The Morgan fingerprint density at radius 2 is 2.05 bits per heavy atom. The van der Waals surface area contributed by atoms with Gasteiger partial charge in [-0.15, -0.1) is 0 Å². The van der Waals surface area contributed by atoms with Gasteiger partial charge in [-0.3, -0.25) is 19.9 Å². The van der Waals surface area contributed by atoms with Gasteiger partial charge in [-0.2, -0.15) is 0 Å². The summed E-state index contributed by atoms with van der Waals surface area (Å²) in [5.41, 5.74) is 2.22. The minimum absolute atomic E-state index is 0.0832. The lowest BCUT2D eigenvalue weighted by molar-refractivity contribution is -0.384. The summed E-state index contributed by atoms with van der Waals surface area (Å²) in [4.78, 5) is 26.8. The van der Waals surface area contributed by atoms with Gasteiger partial charge in [-0.25, -0.2) is 0 Å². The summed E-state index contributed by atoms with van der Waals surface area (Å²) >= 11 is 3.39. The van der Waals surface area contributed by atoms with Crippen LogP contribution in [0.1, 0.15) is 12.0 Å². The number of aliphatic imine (C=N–C) groups is 1. The van der Waals surface area contributed by atoms with Crippen molar-refractivity contribution in [3.63, 3.8) is 0 Å². The van der Waals surface area contributed by atoms with Crippen LogP contribution in [0.25, 0.3) is 0 Å². The molecule has 2 aromatic carbocycles. The van der Waals surface area contributed by atoms with Crippen molar-refractivity contribution >= 4 is 44.6 Å². The number of rotatable bonds is 2. The molecule has 0 bridgehead atoms. The molecule has 0 spiro atoms. The molecule has 6 nitrogen and oxygen atoms in total. The highest BCUT2D eigenvalue weighted by molar-refractivity contribution is 9.10. The Morgan fingerprint density at radius 3 is 2.77 bits per heavy atom. The molecule has 0 fully saturated rings. The fraction of sp³-hybridized carbons (Fsp3) is 0.0667. The van der Waals surface area contributed by atoms with Crippen LogP contribution < -0.4 is 5.32 Å². The number of benzene rings is 2. The van der Waals surface area contributed by atoms with Gasteiger partial charge >= 0.3 is 0 Å². The van der Waals surface area contributed by atoms with Crippen molar-refractivity contribution in [3.8, 4) is 0 Å². The van der Waals surface area contributed by atoms with Crippen LogP contribution in [0.3, 0.4) is 0 Å². The molecule has 2 aromatic rings. The van der Waals surface area contributed by atoms with Crippen LogP contribution >= 0.6 is 15.9 Å². The molecule has 0 saturated heterocycles. The standard InChI is InChI=1S/C15H10BrN3O3/c16-10-3-1-2-9(6-10)13-8-15(20)18-14-7-11(19(21)22)4-5-12(14)17-13/h1-7H,8H2,(H,18,20). The van der Waals surface area contributed by atoms with Crippen molar-refractivity contribution in [3.05, 3.63) is 62.6 Å². The minimum Gasteiger partial charge on any atom is -0.324 e. The average molecular weight is 360 g/mol. The molecule has 0 saturated carbocycles. The molecule has 0 atom stereocenters. The van der Waals surface area contributed by atoms with E-state index < -0.39 is 4.92 Å². The molecule has 110 valence electrons. The summed E-state index contributed by atoms with van der Waals surface area (Å²) in [6.45, 7) is 0. The van der Waals surface area contributed by atoms with Crippen molar-refractivity contribution in [2.45, 2.75) is 6.42 Å². The van der Waals surface area contributed by atoms with Crippen LogP contribution in [0, 0.1) is 10.1 Å². The molecule has 1 N–H and O–H groups in total. The third-order valence-electron chi connectivity index (χ3n) is 3.21. The van der Waals surface area contributed by atoms with Crippen LogP contribution in [0.15, 0.2) is 51.9 Å². The fourth-order valence-electron chi connectivity index (χ4n) is 2.20. The Hall–Kier alpha value is -2.54. The number of nitro benzene ring substituents is 1. The highest BCUT2D eigenvalue weighted by atomic mass is 79.9. The van der Waals surface area contributed by atoms with E-state index in [0.29, 0.717) is 17.1 Å². The lowest BCUT2D eigenvalue weighted by atomic mass is 10.1. The van der Waals surface area contributed by atoms with Crippen molar-refractivity contribution in [1.29, 1.82) is 0 Å². The molecule has 1 heterocycles. The summed E-state index contributed by atoms with van der Waals surface area (Å²) in [6, 6.07) is 11.7. The van der Waals surface area contributed by atoms with E-state index >= 15 is 0 Å². The maximum atomic E-state index is 12.0. The lowest BCUT2D eigenvalue weighted by Crippen LogP contribution is -2.15. The molecule has 22 heavy (non-hydrogen) atoms. The van der Waals surface area contributed by atoms with Gasteiger partial charge < -0.3 is 5.32 Å². The van der Waals surface area contributed by atoms with Gasteiger partial charge in [0, 0.05) is 16.6 Å². The number of hydrogen-bond donors (Lipinski definition) is 1. The summed E-state index contributed by atoms with van der Waals surface area (Å²) in [7, 11) is 0. The zero-order valence-electron chi connectivity index (χ0n) is 11.2. The molecule has 1 amide bonds. The van der Waals surface area contributed by atoms with E-state index in [0.717, 1.165) is 10.0 Å². The molecule has 1 aliphatic rings. The number of non-ortho nitro benzene ring substituents is 1. The quantitative estimate of drug-likeness (QED) is 0.653. The van der Waals surface area contributed by atoms with E-state index in [2.05, 4.69) is 26.2 Å². The van der Waals surface area contributed by atoms with Crippen LogP contribution in [0.5, 0.6) is 0 Å². The SMILES string of the molecule is O=C1CC(c2cccc(Br)c2)=Nc2ccc([N+](=O)[O-])cc2N1. The maximum absolute atomic E-state index is 12.0. The number of carbonyl (C=O) groups excluding carboxylic acids is 1. The predicted octanol–water partition coefficient (Wildman–Crippen LogP) is 3.82. The smallest absolute Gasteiger partial charge is 0.271 e. The van der Waals surface area contributed by atoms with E-state index in [-0.39, 0.29) is 18.0 Å². The second-order valence-electron chi connectivity index (χ2n) is 4.75. The first-order valence-electron chi connectivity index (χ1n) is 6.45. The van der Waals surface area contributed by atoms with Crippen LogP contribution in [-0.4, -0.2) is 16.5 Å². The van der Waals surface area contributed by atoms with Gasteiger partial charge in [-0.05, 0) is 23.8 Å². The van der Waals surface area contributed by atoms with Gasteiger partial charge in [0.15, 0.2) is 0 Å². The Labute approximate surface area is 134 Å². The number of halogens is 1. The second kappa shape index (κ2) is 5.69. The number of anilines is 1. The second-order valence-corrected chi connectivity index (χ2v) is 5.67. The molecular weight excluding hydrogens is 350 g/mol. The number of nitro groups is 1. The minimum atomic E-state index is -0.504. The van der Waals surface area contributed by atoms with Gasteiger partial charge in [0.05, 0.1) is 28.4 Å². The number of nitrogens with zero attached hydrogens (tertiary/aromatic N) is 2. The number of fused-ring (bicyclic) bond motifs is 1. The highest BCUT2D eigenvalue weighted by Crippen LogP contribution is 2.32. The summed E-state index contributed by atoms with van der Waals surface area (Å²) in [5.74, 6) is -0.252. The van der Waals surface area contributed by atoms with Crippen LogP contribution in [-0.2, 0) is 4.79 Å². The van der Waals surface area contributed by atoms with E-state index in [1.54, 1.807) is 0 Å². The predicted molar refractivity (Wildman–Crippen MR) is 86.7 cm³/mol. The zero-order valence-corrected chi connectivity index (χ0v) is 12.8. The lowest BCUT2D eigenvalue weighted by Gasteiger charge is -2.03. The molecule has 0 aromatic heterocycles. The third-order valence-corrected chi connectivity index (χ3v) is 3.70. The van der Waals surface area contributed by atoms with Gasteiger partial charge in [0.2, 0.25) is 5.91 Å². The number of nitrogens with one attached hydrogen (secondary N) is 1. The van der Waals surface area contributed by atoms with E-state index in [9.17, 15) is 14.9 Å². The Balaban J connectivity index is 2.10. The van der Waals surface area contributed by atoms with E-state index in [4.69, 9.17) is 0 Å². The Kier molecular flexibility index (Phi) is 3.72. The fourth-order valence-corrected chi connectivity index (χ4v) is 2.60. The third kappa shape index (κ3) is 2.89.